The largest absolute Gasteiger partial charge is 0.330 e. The topological polar surface area (TPSA) is 78.5 Å². The molecule has 0 aromatic carbocycles. The van der Waals surface area contributed by atoms with Gasteiger partial charge in [0.25, 0.3) is 11.8 Å². The van der Waals surface area contributed by atoms with E-state index in [0.29, 0.717) is 0 Å². The van der Waals surface area contributed by atoms with E-state index in [1.165, 1.54) is 14.0 Å². The summed E-state index contributed by atoms with van der Waals surface area (Å²) in [5.41, 5.74) is -1.36. The van der Waals surface area contributed by atoms with Crippen LogP contribution in [0, 0.1) is 0 Å². The zero-order valence-electron chi connectivity index (χ0n) is 9.25. The van der Waals surface area contributed by atoms with E-state index in [1.807, 2.05) is 13.8 Å². The minimum Gasteiger partial charge on any atom is -0.293 e. The third-order valence-corrected chi connectivity index (χ3v) is 2.29. The lowest BCUT2D eigenvalue weighted by molar-refractivity contribution is -0.145. The Balaban J connectivity index is 3.01. The van der Waals surface area contributed by atoms with E-state index >= 15 is 0 Å². The van der Waals surface area contributed by atoms with Crippen molar-refractivity contribution in [3.8, 4) is 0 Å². The molecule has 1 rings (SSSR count). The van der Waals surface area contributed by atoms with Gasteiger partial charge in [-0.25, -0.2) is 4.79 Å². The van der Waals surface area contributed by atoms with Gasteiger partial charge in [0.05, 0.1) is 0 Å². The minimum atomic E-state index is -1.36. The summed E-state index contributed by atoms with van der Waals surface area (Å²) in [6.45, 7) is 5.11. The Bertz CT molecular complexity index is 327. The number of barbiturate groups is 1. The fourth-order valence-electron chi connectivity index (χ4n) is 1.54. The second-order valence-corrected chi connectivity index (χ2v) is 4.05. The molecule has 6 nitrogen and oxygen atoms in total. The van der Waals surface area contributed by atoms with E-state index in [-0.39, 0.29) is 6.04 Å². The third-order valence-electron chi connectivity index (χ3n) is 2.29. The lowest BCUT2D eigenvalue weighted by atomic mass is 9.96. The molecule has 0 aromatic rings. The number of urea groups is 1. The average Bonchev–Trinajstić information content (AvgIpc) is 2.11. The lowest BCUT2D eigenvalue weighted by Crippen LogP contribution is -2.72. The van der Waals surface area contributed by atoms with E-state index in [0.717, 1.165) is 4.90 Å². The molecule has 4 amide bonds. The van der Waals surface area contributed by atoms with E-state index in [1.54, 1.807) is 0 Å². The third kappa shape index (κ3) is 1.85. The molecular weight excluding hydrogens is 198 g/mol. The molecule has 1 fully saturated rings. The average molecular weight is 213 g/mol. The number of carbonyl (C=O) groups is 3. The Hall–Kier alpha value is -1.43. The van der Waals surface area contributed by atoms with E-state index in [2.05, 4.69) is 10.6 Å². The van der Waals surface area contributed by atoms with Crippen molar-refractivity contribution in [2.24, 2.45) is 0 Å². The number of carbonyl (C=O) groups excluding carboxylic acids is 3. The summed E-state index contributed by atoms with van der Waals surface area (Å²) in [4.78, 5) is 35.4. The van der Waals surface area contributed by atoms with Crippen LogP contribution in [0.5, 0.6) is 0 Å². The molecule has 84 valence electrons. The number of nitrogens with zero attached hydrogens (tertiary/aromatic N) is 1. The smallest absolute Gasteiger partial charge is 0.293 e. The normalized spacial score (nSPS) is 27.3. The predicted octanol–water partition coefficient (Wildman–Crippen LogP) is -0.549. The van der Waals surface area contributed by atoms with Crippen LogP contribution < -0.4 is 10.6 Å². The molecule has 0 saturated carbocycles. The van der Waals surface area contributed by atoms with Crippen LogP contribution in [0.1, 0.15) is 20.8 Å². The SMILES string of the molecule is CC(C)NC1(C)C(=O)NC(=O)N(C)C1=O. The quantitative estimate of drug-likeness (QED) is 0.603. The molecule has 0 bridgehead atoms. The molecular formula is C9H15N3O3. The van der Waals surface area contributed by atoms with Gasteiger partial charge in [-0.3, -0.25) is 25.1 Å². The van der Waals surface area contributed by atoms with Crippen LogP contribution in [-0.4, -0.2) is 41.4 Å². The molecule has 0 aliphatic carbocycles. The van der Waals surface area contributed by atoms with Crippen LogP contribution in [0.15, 0.2) is 0 Å². The minimum absolute atomic E-state index is 0.0358. The van der Waals surface area contributed by atoms with Crippen molar-refractivity contribution in [1.29, 1.82) is 0 Å². The van der Waals surface area contributed by atoms with Crippen molar-refractivity contribution < 1.29 is 14.4 Å². The maximum absolute atomic E-state index is 11.8. The van der Waals surface area contributed by atoms with Gasteiger partial charge in [-0.15, -0.1) is 0 Å². The molecule has 1 atom stereocenters. The fourth-order valence-corrected chi connectivity index (χ4v) is 1.54. The van der Waals surface area contributed by atoms with Gasteiger partial charge in [0.15, 0.2) is 5.54 Å². The lowest BCUT2D eigenvalue weighted by Gasteiger charge is -2.36. The molecule has 15 heavy (non-hydrogen) atoms. The maximum atomic E-state index is 11.8. The molecule has 2 N–H and O–H groups in total. The molecule has 6 heteroatoms. The first-order chi connectivity index (χ1) is 6.79. The Morgan fingerprint density at radius 1 is 1.33 bits per heavy atom. The number of hydrogen-bond acceptors (Lipinski definition) is 4. The zero-order chi connectivity index (χ0) is 11.8. The molecule has 0 aromatic heterocycles. The summed E-state index contributed by atoms with van der Waals surface area (Å²) in [6, 6.07) is -0.723. The van der Waals surface area contributed by atoms with Gasteiger partial charge in [-0.2, -0.15) is 0 Å². The summed E-state index contributed by atoms with van der Waals surface area (Å²) < 4.78 is 0. The Labute approximate surface area is 88.0 Å². The molecule has 1 aliphatic heterocycles. The Morgan fingerprint density at radius 3 is 2.33 bits per heavy atom. The van der Waals surface area contributed by atoms with Crippen molar-refractivity contribution >= 4 is 17.8 Å². The standard InChI is InChI=1S/C9H15N3O3/c1-5(2)11-9(3)6(13)10-8(15)12(4)7(9)14/h5,11H,1-4H3,(H,10,13,15). The number of amides is 4. The number of nitrogens with one attached hydrogen (secondary N) is 2. The van der Waals surface area contributed by atoms with Crippen LogP contribution >= 0.6 is 0 Å². The maximum Gasteiger partial charge on any atom is 0.330 e. The van der Waals surface area contributed by atoms with E-state index in [4.69, 9.17) is 0 Å². The van der Waals surface area contributed by atoms with Gasteiger partial charge in [-0.05, 0) is 20.8 Å². The zero-order valence-corrected chi connectivity index (χ0v) is 9.25. The monoisotopic (exact) mass is 213 g/mol. The molecule has 1 saturated heterocycles. The van der Waals surface area contributed by atoms with Gasteiger partial charge >= 0.3 is 6.03 Å². The second-order valence-electron chi connectivity index (χ2n) is 4.05. The summed E-state index contributed by atoms with van der Waals surface area (Å²) >= 11 is 0. The van der Waals surface area contributed by atoms with Crippen molar-refractivity contribution in [3.63, 3.8) is 0 Å². The second kappa shape index (κ2) is 3.62. The van der Waals surface area contributed by atoms with Crippen molar-refractivity contribution in [3.05, 3.63) is 0 Å². The van der Waals surface area contributed by atoms with Gasteiger partial charge in [0.1, 0.15) is 0 Å². The molecule has 0 radical (unpaired) electrons. The highest BCUT2D eigenvalue weighted by Crippen LogP contribution is 2.14. The molecule has 1 heterocycles. The van der Waals surface area contributed by atoms with Crippen LogP contribution in [0.4, 0.5) is 4.79 Å². The van der Waals surface area contributed by atoms with Crippen LogP contribution in [-0.2, 0) is 9.59 Å². The molecule has 1 aliphatic rings. The van der Waals surface area contributed by atoms with Gasteiger partial charge in [-0.1, -0.05) is 0 Å². The Kier molecular flexibility index (Phi) is 2.81. The van der Waals surface area contributed by atoms with Crippen LogP contribution in [0.2, 0.25) is 0 Å². The fraction of sp³-hybridized carbons (Fsp3) is 0.667. The van der Waals surface area contributed by atoms with Gasteiger partial charge in [0.2, 0.25) is 0 Å². The summed E-state index contributed by atoms with van der Waals surface area (Å²) in [5.74, 6) is -1.14. The van der Waals surface area contributed by atoms with E-state index in [9.17, 15) is 14.4 Å². The van der Waals surface area contributed by atoms with Crippen molar-refractivity contribution in [2.75, 3.05) is 7.05 Å². The first-order valence-corrected chi connectivity index (χ1v) is 4.70. The summed E-state index contributed by atoms with van der Waals surface area (Å²) in [5, 5.41) is 4.97. The van der Waals surface area contributed by atoms with Crippen molar-refractivity contribution in [1.82, 2.24) is 15.5 Å². The highest BCUT2D eigenvalue weighted by atomic mass is 16.2. The van der Waals surface area contributed by atoms with Crippen LogP contribution in [0.3, 0.4) is 0 Å². The molecule has 0 spiro atoms. The number of imide groups is 2. The van der Waals surface area contributed by atoms with Crippen LogP contribution in [0.25, 0.3) is 0 Å². The first kappa shape index (κ1) is 11.6. The predicted molar refractivity (Wildman–Crippen MR) is 53.0 cm³/mol. The number of hydrogen-bond donors (Lipinski definition) is 2. The molecule has 1 unspecified atom stereocenters. The van der Waals surface area contributed by atoms with Crippen molar-refractivity contribution in [2.45, 2.75) is 32.4 Å². The number of likely N-dealkylation sites (N-methyl/N-ethyl adjacent to an activating group) is 1. The highest BCUT2D eigenvalue weighted by molar-refractivity contribution is 6.21. The van der Waals surface area contributed by atoms with Gasteiger partial charge < -0.3 is 0 Å². The number of rotatable bonds is 2. The van der Waals surface area contributed by atoms with Gasteiger partial charge in [0, 0.05) is 13.1 Å². The first-order valence-electron chi connectivity index (χ1n) is 4.70. The Morgan fingerprint density at radius 2 is 1.87 bits per heavy atom. The van der Waals surface area contributed by atoms with E-state index < -0.39 is 23.4 Å². The summed E-state index contributed by atoms with van der Waals surface area (Å²) in [7, 11) is 1.34. The highest BCUT2D eigenvalue weighted by Gasteiger charge is 2.49. The summed E-state index contributed by atoms with van der Waals surface area (Å²) in [6.07, 6.45) is 0.